The number of anilines is 2. The zero-order chi connectivity index (χ0) is 12.5. The van der Waals surface area contributed by atoms with Gasteiger partial charge in [0.25, 0.3) is 0 Å². The molecule has 0 spiro atoms. The fraction of sp³-hybridized carbons (Fsp3) is 0.615. The number of nitrogens with two attached hydrogens (primary N) is 1. The Bertz CT molecular complexity index is 437. The van der Waals surface area contributed by atoms with Crippen molar-refractivity contribution < 1.29 is 0 Å². The molecule has 5 heteroatoms. The number of aromatic nitrogens is 1. The van der Waals surface area contributed by atoms with Crippen LogP contribution in [0.2, 0.25) is 5.15 Å². The van der Waals surface area contributed by atoms with Crippen LogP contribution in [0.15, 0.2) is 12.1 Å². The highest BCUT2D eigenvalue weighted by Crippen LogP contribution is 2.29. The van der Waals surface area contributed by atoms with Crippen molar-refractivity contribution in [3.05, 3.63) is 17.3 Å². The maximum Gasteiger partial charge on any atom is 0.151 e. The fourth-order valence-electron chi connectivity index (χ4n) is 3.11. The van der Waals surface area contributed by atoms with Crippen LogP contribution in [0, 0.1) is 0 Å². The monoisotopic (exact) mass is 266 g/mol. The number of rotatable bonds is 2. The second-order valence-corrected chi connectivity index (χ2v) is 5.66. The molecule has 0 radical (unpaired) electrons. The molecule has 2 fully saturated rings. The zero-order valence-corrected chi connectivity index (χ0v) is 11.2. The Labute approximate surface area is 113 Å². The molecule has 0 aromatic carbocycles. The summed E-state index contributed by atoms with van der Waals surface area (Å²) >= 11 is 5.91. The van der Waals surface area contributed by atoms with E-state index in [9.17, 15) is 0 Å². The largest absolute Gasteiger partial charge is 0.396 e. The van der Waals surface area contributed by atoms with Crippen LogP contribution < -0.4 is 11.1 Å². The van der Waals surface area contributed by atoms with E-state index in [0.717, 1.165) is 18.3 Å². The number of pyridine rings is 1. The molecule has 2 saturated heterocycles. The molecule has 3 N–H and O–H groups in total. The molecule has 2 aliphatic rings. The third-order valence-electron chi connectivity index (χ3n) is 4.05. The first-order chi connectivity index (χ1) is 8.72. The topological polar surface area (TPSA) is 54.2 Å². The predicted octanol–water partition coefficient (Wildman–Crippen LogP) is 2.36. The van der Waals surface area contributed by atoms with Crippen molar-refractivity contribution in [2.24, 2.45) is 0 Å². The lowest BCUT2D eigenvalue weighted by Gasteiger charge is -2.35. The number of nitrogen functional groups attached to an aromatic ring is 1. The molecule has 4 nitrogen and oxygen atoms in total. The molecular weight excluding hydrogens is 248 g/mol. The van der Waals surface area contributed by atoms with Crippen molar-refractivity contribution in [1.82, 2.24) is 9.88 Å². The van der Waals surface area contributed by atoms with Crippen molar-refractivity contribution in [3.8, 4) is 0 Å². The Morgan fingerprint density at radius 1 is 1.33 bits per heavy atom. The van der Waals surface area contributed by atoms with Gasteiger partial charge in [0.15, 0.2) is 5.82 Å². The average Bonchev–Trinajstić information content (AvgIpc) is 2.81. The Kier molecular flexibility index (Phi) is 3.31. The van der Waals surface area contributed by atoms with E-state index in [2.05, 4.69) is 15.2 Å². The van der Waals surface area contributed by atoms with Crippen LogP contribution >= 0.6 is 11.6 Å². The van der Waals surface area contributed by atoms with E-state index in [1.807, 2.05) is 6.07 Å². The molecule has 3 heterocycles. The summed E-state index contributed by atoms with van der Waals surface area (Å²) in [6.45, 7) is 2.46. The number of hydrogen-bond acceptors (Lipinski definition) is 4. The van der Waals surface area contributed by atoms with Gasteiger partial charge in [0.1, 0.15) is 5.15 Å². The Morgan fingerprint density at radius 3 is 3.11 bits per heavy atom. The van der Waals surface area contributed by atoms with Gasteiger partial charge >= 0.3 is 0 Å². The van der Waals surface area contributed by atoms with Gasteiger partial charge in [-0.2, -0.15) is 0 Å². The Morgan fingerprint density at radius 2 is 2.22 bits per heavy atom. The Hall–Kier alpha value is -1.00. The summed E-state index contributed by atoms with van der Waals surface area (Å²) in [6, 6.07) is 4.75. The van der Waals surface area contributed by atoms with Gasteiger partial charge in [-0.05, 0) is 44.4 Å². The number of piperidine rings is 1. The van der Waals surface area contributed by atoms with Crippen LogP contribution in [-0.4, -0.2) is 35.1 Å². The molecule has 2 atom stereocenters. The summed E-state index contributed by atoms with van der Waals surface area (Å²) in [4.78, 5) is 6.87. The number of fused-ring (bicyclic) bond motifs is 1. The van der Waals surface area contributed by atoms with Gasteiger partial charge < -0.3 is 16.0 Å². The van der Waals surface area contributed by atoms with Gasteiger partial charge in [-0.25, -0.2) is 4.98 Å². The lowest BCUT2D eigenvalue weighted by atomic mass is 9.97. The van der Waals surface area contributed by atoms with Crippen LogP contribution in [-0.2, 0) is 0 Å². The van der Waals surface area contributed by atoms with Crippen LogP contribution in [0.1, 0.15) is 25.7 Å². The SMILES string of the molecule is Nc1ccc(Cl)nc1NC1CCN2CCCC2C1. The second kappa shape index (κ2) is 4.94. The van der Waals surface area contributed by atoms with Crippen molar-refractivity contribution >= 4 is 23.1 Å². The molecule has 18 heavy (non-hydrogen) atoms. The van der Waals surface area contributed by atoms with Crippen LogP contribution in [0.5, 0.6) is 0 Å². The van der Waals surface area contributed by atoms with E-state index in [1.165, 1.54) is 32.4 Å². The summed E-state index contributed by atoms with van der Waals surface area (Å²) in [7, 11) is 0. The van der Waals surface area contributed by atoms with E-state index >= 15 is 0 Å². The van der Waals surface area contributed by atoms with Crippen molar-refractivity contribution in [2.45, 2.75) is 37.8 Å². The molecular formula is C13H19ClN4. The minimum atomic E-state index is 0.470. The van der Waals surface area contributed by atoms with Gasteiger partial charge in [-0.1, -0.05) is 11.6 Å². The smallest absolute Gasteiger partial charge is 0.151 e. The molecule has 2 aliphatic heterocycles. The second-order valence-electron chi connectivity index (χ2n) is 5.27. The number of nitrogens with zero attached hydrogens (tertiary/aromatic N) is 2. The molecule has 1 aromatic rings. The van der Waals surface area contributed by atoms with Crippen LogP contribution in [0.25, 0.3) is 0 Å². The van der Waals surface area contributed by atoms with E-state index in [-0.39, 0.29) is 0 Å². The first-order valence-corrected chi connectivity index (χ1v) is 7.03. The molecule has 2 unspecified atom stereocenters. The van der Waals surface area contributed by atoms with Crippen LogP contribution in [0.4, 0.5) is 11.5 Å². The number of halogens is 1. The summed E-state index contributed by atoms with van der Waals surface area (Å²) in [5.41, 5.74) is 6.59. The van der Waals surface area contributed by atoms with E-state index in [0.29, 0.717) is 16.9 Å². The van der Waals surface area contributed by atoms with E-state index in [1.54, 1.807) is 6.07 Å². The van der Waals surface area contributed by atoms with E-state index in [4.69, 9.17) is 17.3 Å². The molecule has 3 rings (SSSR count). The molecule has 0 aliphatic carbocycles. The van der Waals surface area contributed by atoms with E-state index < -0.39 is 0 Å². The van der Waals surface area contributed by atoms with Gasteiger partial charge in [0.2, 0.25) is 0 Å². The minimum Gasteiger partial charge on any atom is -0.396 e. The predicted molar refractivity (Wildman–Crippen MR) is 74.9 cm³/mol. The Balaban J connectivity index is 1.67. The maximum atomic E-state index is 5.92. The lowest BCUT2D eigenvalue weighted by molar-refractivity contribution is 0.188. The summed E-state index contributed by atoms with van der Waals surface area (Å²) in [5.74, 6) is 0.735. The third-order valence-corrected chi connectivity index (χ3v) is 4.26. The van der Waals surface area contributed by atoms with Gasteiger partial charge in [-0.15, -0.1) is 0 Å². The van der Waals surface area contributed by atoms with Crippen molar-refractivity contribution in [1.29, 1.82) is 0 Å². The van der Waals surface area contributed by atoms with Crippen LogP contribution in [0.3, 0.4) is 0 Å². The highest BCUT2D eigenvalue weighted by Gasteiger charge is 2.31. The highest BCUT2D eigenvalue weighted by molar-refractivity contribution is 6.29. The number of nitrogens with one attached hydrogen (secondary N) is 1. The first kappa shape index (κ1) is 12.1. The van der Waals surface area contributed by atoms with Gasteiger partial charge in [0.05, 0.1) is 5.69 Å². The van der Waals surface area contributed by atoms with Gasteiger partial charge in [-0.3, -0.25) is 0 Å². The summed E-state index contributed by atoms with van der Waals surface area (Å²) in [5, 5.41) is 3.95. The standard InChI is InChI=1S/C13H19ClN4/c14-12-4-3-11(15)13(17-12)16-9-5-7-18-6-1-2-10(18)8-9/h3-4,9-10H,1-2,5-8,15H2,(H,16,17). The first-order valence-electron chi connectivity index (χ1n) is 6.65. The molecule has 0 bridgehead atoms. The van der Waals surface area contributed by atoms with Crippen molar-refractivity contribution in [3.63, 3.8) is 0 Å². The molecule has 98 valence electrons. The lowest BCUT2D eigenvalue weighted by Crippen LogP contribution is -2.42. The molecule has 1 aromatic heterocycles. The third kappa shape index (κ3) is 2.40. The average molecular weight is 267 g/mol. The fourth-order valence-corrected chi connectivity index (χ4v) is 3.26. The molecule has 0 saturated carbocycles. The molecule has 0 amide bonds. The summed E-state index contributed by atoms with van der Waals surface area (Å²) < 4.78 is 0. The van der Waals surface area contributed by atoms with Gasteiger partial charge in [0, 0.05) is 18.6 Å². The number of hydrogen-bond donors (Lipinski definition) is 2. The maximum absolute atomic E-state index is 5.92. The van der Waals surface area contributed by atoms with Crippen molar-refractivity contribution in [2.75, 3.05) is 24.1 Å². The summed E-state index contributed by atoms with van der Waals surface area (Å²) in [6.07, 6.45) is 5.02. The minimum absolute atomic E-state index is 0.470. The normalized spacial score (nSPS) is 28.1. The highest BCUT2D eigenvalue weighted by atomic mass is 35.5. The zero-order valence-electron chi connectivity index (χ0n) is 10.4. The quantitative estimate of drug-likeness (QED) is 0.807.